The predicted molar refractivity (Wildman–Crippen MR) is 80.8 cm³/mol. The topological polar surface area (TPSA) is 52.7 Å². The maximum absolute atomic E-state index is 12.8. The summed E-state index contributed by atoms with van der Waals surface area (Å²) >= 11 is 0. The molecule has 1 saturated heterocycles. The van der Waals surface area contributed by atoms with Gasteiger partial charge >= 0.3 is 6.03 Å². The van der Waals surface area contributed by atoms with Crippen molar-refractivity contribution in [2.24, 2.45) is 11.8 Å². The molecule has 1 aliphatic carbocycles. The molecule has 0 aromatic heterocycles. The maximum atomic E-state index is 12.8. The number of urea groups is 1. The van der Waals surface area contributed by atoms with E-state index in [1.807, 2.05) is 4.90 Å². The van der Waals surface area contributed by atoms with Crippen LogP contribution in [-0.4, -0.2) is 47.9 Å². The first-order valence-corrected chi connectivity index (χ1v) is 7.65. The van der Waals surface area contributed by atoms with Crippen LogP contribution in [0.2, 0.25) is 0 Å². The van der Waals surface area contributed by atoms with Crippen LogP contribution in [0.15, 0.2) is 24.3 Å². The number of nitrogens with one attached hydrogen (secondary N) is 1. The third-order valence-corrected chi connectivity index (χ3v) is 4.40. The zero-order valence-corrected chi connectivity index (χ0v) is 12.6. The number of hydrogen-bond acceptors (Lipinski definition) is 2. The van der Waals surface area contributed by atoms with Crippen LogP contribution in [0.5, 0.6) is 0 Å². The molecular formula is C16H20FN3O2. The molecule has 3 amide bonds. The Labute approximate surface area is 129 Å². The van der Waals surface area contributed by atoms with Gasteiger partial charge in [0.05, 0.1) is 0 Å². The Morgan fingerprint density at radius 2 is 1.64 bits per heavy atom. The predicted octanol–water partition coefficient (Wildman–Crippen LogP) is 2.16. The molecule has 1 heterocycles. The second-order valence-electron chi connectivity index (χ2n) is 6.07. The Kier molecular flexibility index (Phi) is 4.00. The molecule has 0 radical (unpaired) electrons. The minimum absolute atomic E-state index is 0.194. The van der Waals surface area contributed by atoms with Crippen molar-refractivity contribution in [3.63, 3.8) is 0 Å². The number of rotatable bonds is 2. The van der Waals surface area contributed by atoms with Gasteiger partial charge in [-0.05, 0) is 36.6 Å². The quantitative estimate of drug-likeness (QED) is 0.910. The Balaban J connectivity index is 1.49. The minimum Gasteiger partial charge on any atom is -0.339 e. The fourth-order valence-electron chi connectivity index (χ4n) is 2.77. The summed E-state index contributed by atoms with van der Waals surface area (Å²) in [5, 5.41) is 2.74. The number of amides is 3. The Bertz CT molecular complexity index is 567. The molecule has 2 fully saturated rings. The summed E-state index contributed by atoms with van der Waals surface area (Å²) in [5.74, 6) is 0.595. The third kappa shape index (κ3) is 3.21. The van der Waals surface area contributed by atoms with Crippen molar-refractivity contribution < 1.29 is 14.0 Å². The Hall–Kier alpha value is -2.11. The van der Waals surface area contributed by atoms with Gasteiger partial charge in [0, 0.05) is 37.8 Å². The number of carbonyl (C=O) groups is 2. The molecule has 118 valence electrons. The minimum atomic E-state index is -0.334. The van der Waals surface area contributed by atoms with E-state index in [1.165, 1.54) is 24.3 Å². The highest BCUT2D eigenvalue weighted by atomic mass is 19.1. The highest BCUT2D eigenvalue weighted by molar-refractivity contribution is 5.89. The van der Waals surface area contributed by atoms with Crippen LogP contribution < -0.4 is 5.32 Å². The highest BCUT2D eigenvalue weighted by Crippen LogP contribution is 2.39. The van der Waals surface area contributed by atoms with Crippen molar-refractivity contribution in [1.82, 2.24) is 9.80 Å². The molecule has 22 heavy (non-hydrogen) atoms. The van der Waals surface area contributed by atoms with Gasteiger partial charge in [0.1, 0.15) is 5.82 Å². The Morgan fingerprint density at radius 3 is 2.18 bits per heavy atom. The molecule has 6 heteroatoms. The molecule has 1 saturated carbocycles. The van der Waals surface area contributed by atoms with Crippen molar-refractivity contribution in [2.75, 3.05) is 31.5 Å². The van der Waals surface area contributed by atoms with Gasteiger partial charge in [0.25, 0.3) is 0 Å². The van der Waals surface area contributed by atoms with E-state index in [0.29, 0.717) is 37.8 Å². The fourth-order valence-corrected chi connectivity index (χ4v) is 2.77. The molecule has 1 N–H and O–H groups in total. The second-order valence-corrected chi connectivity index (χ2v) is 6.07. The molecule has 1 aromatic rings. The summed E-state index contributed by atoms with van der Waals surface area (Å²) in [6, 6.07) is 5.47. The maximum Gasteiger partial charge on any atom is 0.321 e. The summed E-state index contributed by atoms with van der Waals surface area (Å²) in [6.07, 6.45) is 0.990. The molecule has 0 bridgehead atoms. The van der Waals surface area contributed by atoms with Crippen LogP contribution in [0.25, 0.3) is 0 Å². The number of carbonyl (C=O) groups excluding carboxylic acids is 2. The van der Waals surface area contributed by atoms with Gasteiger partial charge in [0.15, 0.2) is 0 Å². The van der Waals surface area contributed by atoms with Crippen LogP contribution in [0, 0.1) is 17.7 Å². The zero-order chi connectivity index (χ0) is 15.7. The SMILES string of the molecule is CC1CC1C(=O)N1CCN(C(=O)Nc2ccc(F)cc2)CC1. The smallest absolute Gasteiger partial charge is 0.321 e. The number of nitrogens with zero attached hydrogens (tertiary/aromatic N) is 2. The van der Waals surface area contributed by atoms with E-state index in [-0.39, 0.29) is 23.7 Å². The van der Waals surface area contributed by atoms with Gasteiger partial charge in [-0.2, -0.15) is 0 Å². The van der Waals surface area contributed by atoms with Crippen LogP contribution in [0.4, 0.5) is 14.9 Å². The van der Waals surface area contributed by atoms with Gasteiger partial charge < -0.3 is 15.1 Å². The van der Waals surface area contributed by atoms with Gasteiger partial charge in [0.2, 0.25) is 5.91 Å². The van der Waals surface area contributed by atoms with E-state index >= 15 is 0 Å². The van der Waals surface area contributed by atoms with E-state index in [4.69, 9.17) is 0 Å². The van der Waals surface area contributed by atoms with Crippen LogP contribution in [0.3, 0.4) is 0 Å². The van der Waals surface area contributed by atoms with Gasteiger partial charge in [-0.15, -0.1) is 0 Å². The summed E-state index contributed by atoms with van der Waals surface area (Å²) in [5.41, 5.74) is 0.566. The average molecular weight is 305 g/mol. The molecule has 2 atom stereocenters. The first-order chi connectivity index (χ1) is 10.5. The number of halogens is 1. The van der Waals surface area contributed by atoms with Crippen molar-refractivity contribution >= 4 is 17.6 Å². The fraction of sp³-hybridized carbons (Fsp3) is 0.500. The molecule has 5 nitrogen and oxygen atoms in total. The summed E-state index contributed by atoms with van der Waals surface area (Å²) < 4.78 is 12.8. The lowest BCUT2D eigenvalue weighted by Gasteiger charge is -2.35. The van der Waals surface area contributed by atoms with E-state index < -0.39 is 0 Å². The van der Waals surface area contributed by atoms with E-state index in [9.17, 15) is 14.0 Å². The molecule has 3 rings (SSSR count). The van der Waals surface area contributed by atoms with E-state index in [2.05, 4.69) is 12.2 Å². The number of benzene rings is 1. The number of hydrogen-bond donors (Lipinski definition) is 1. The van der Waals surface area contributed by atoms with Crippen LogP contribution in [0.1, 0.15) is 13.3 Å². The lowest BCUT2D eigenvalue weighted by Crippen LogP contribution is -2.52. The molecule has 2 aliphatic rings. The van der Waals surface area contributed by atoms with Crippen molar-refractivity contribution in [3.8, 4) is 0 Å². The van der Waals surface area contributed by atoms with E-state index in [0.717, 1.165) is 6.42 Å². The highest BCUT2D eigenvalue weighted by Gasteiger charge is 2.42. The molecule has 0 spiro atoms. The number of piperazine rings is 1. The molecular weight excluding hydrogens is 285 g/mol. The summed E-state index contributed by atoms with van der Waals surface area (Å²) in [6.45, 7) is 4.31. The lowest BCUT2D eigenvalue weighted by molar-refractivity contribution is -0.134. The van der Waals surface area contributed by atoms with Gasteiger partial charge in [-0.3, -0.25) is 4.79 Å². The van der Waals surface area contributed by atoms with Gasteiger partial charge in [-0.1, -0.05) is 6.92 Å². The monoisotopic (exact) mass is 305 g/mol. The normalized spacial score (nSPS) is 24.1. The Morgan fingerprint density at radius 1 is 1.09 bits per heavy atom. The van der Waals surface area contributed by atoms with E-state index in [1.54, 1.807) is 4.90 Å². The molecule has 1 aromatic carbocycles. The van der Waals surface area contributed by atoms with Crippen LogP contribution in [-0.2, 0) is 4.79 Å². The van der Waals surface area contributed by atoms with Crippen molar-refractivity contribution in [3.05, 3.63) is 30.1 Å². The zero-order valence-electron chi connectivity index (χ0n) is 12.6. The molecule has 1 aliphatic heterocycles. The second kappa shape index (κ2) is 5.94. The van der Waals surface area contributed by atoms with Crippen molar-refractivity contribution in [2.45, 2.75) is 13.3 Å². The first kappa shape index (κ1) is 14.8. The van der Waals surface area contributed by atoms with Gasteiger partial charge in [-0.25, -0.2) is 9.18 Å². The lowest BCUT2D eigenvalue weighted by atomic mass is 10.2. The third-order valence-electron chi connectivity index (χ3n) is 4.40. The molecule has 2 unspecified atom stereocenters. The first-order valence-electron chi connectivity index (χ1n) is 7.65. The van der Waals surface area contributed by atoms with Crippen LogP contribution >= 0.6 is 0 Å². The summed E-state index contributed by atoms with van der Waals surface area (Å²) in [4.78, 5) is 27.8. The summed E-state index contributed by atoms with van der Waals surface area (Å²) in [7, 11) is 0. The number of anilines is 1. The average Bonchev–Trinajstić information content (AvgIpc) is 3.26. The van der Waals surface area contributed by atoms with Crippen molar-refractivity contribution in [1.29, 1.82) is 0 Å². The standard InChI is InChI=1S/C16H20FN3O2/c1-11-10-14(11)15(21)19-6-8-20(9-7-19)16(22)18-13-4-2-12(17)3-5-13/h2-5,11,14H,6-10H2,1H3,(H,18,22). The largest absolute Gasteiger partial charge is 0.339 e.